The minimum absolute atomic E-state index is 0.0486. The zero-order chi connectivity index (χ0) is 11.0. The van der Waals surface area contributed by atoms with Crippen LogP contribution in [-0.2, 0) is 0 Å². The second-order valence-electron chi connectivity index (χ2n) is 3.01. The zero-order valence-corrected chi connectivity index (χ0v) is 7.58. The lowest BCUT2D eigenvalue weighted by atomic mass is 10.2. The van der Waals surface area contributed by atoms with Crippen molar-refractivity contribution in [2.75, 3.05) is 0 Å². The molecule has 0 unspecified atom stereocenters. The monoisotopic (exact) mass is 206 g/mol. The Balaban J connectivity index is 2.88. The van der Waals surface area contributed by atoms with Gasteiger partial charge in [-0.25, -0.2) is 4.39 Å². The maximum Gasteiger partial charge on any atom is 0.254 e. The number of halogens is 1. The van der Waals surface area contributed by atoms with Crippen LogP contribution < -0.4 is 11.3 Å². The van der Waals surface area contributed by atoms with Crippen molar-refractivity contribution < 1.29 is 13.6 Å². The van der Waals surface area contributed by atoms with Gasteiger partial charge >= 0.3 is 0 Å². The molecule has 0 aliphatic heterocycles. The van der Waals surface area contributed by atoms with E-state index in [0.29, 0.717) is 5.39 Å². The van der Waals surface area contributed by atoms with Gasteiger partial charge in [-0.15, -0.1) is 0 Å². The second-order valence-corrected chi connectivity index (χ2v) is 3.01. The van der Waals surface area contributed by atoms with E-state index in [0.717, 1.165) is 0 Å². The molecule has 2 rings (SSSR count). The Morgan fingerprint density at radius 2 is 2.20 bits per heavy atom. The van der Waals surface area contributed by atoms with Gasteiger partial charge in [0.25, 0.3) is 5.91 Å². The number of benzene rings is 1. The first-order valence-corrected chi connectivity index (χ1v) is 4.16. The number of primary amides is 1. The summed E-state index contributed by atoms with van der Waals surface area (Å²) in [5.41, 5.74) is 4.49. The van der Waals surface area contributed by atoms with Gasteiger partial charge in [0, 0.05) is 5.39 Å². The molecule has 1 aromatic carbocycles. The lowest BCUT2D eigenvalue weighted by molar-refractivity contribution is 0.0996. The summed E-state index contributed by atoms with van der Waals surface area (Å²) < 4.78 is 18.1. The van der Waals surface area contributed by atoms with Gasteiger partial charge in [0.05, 0.1) is 0 Å². The van der Waals surface area contributed by atoms with E-state index in [9.17, 15) is 9.18 Å². The van der Waals surface area contributed by atoms with E-state index in [2.05, 4.69) is 0 Å². The van der Waals surface area contributed by atoms with Gasteiger partial charge in [-0.1, -0.05) is 12.1 Å². The minimum atomic E-state index is -0.769. The highest BCUT2D eigenvalue weighted by Crippen LogP contribution is 2.16. The number of fused-ring (bicyclic) bond motifs is 1. The largest absolute Gasteiger partial charge is 0.435 e. The highest BCUT2D eigenvalue weighted by Gasteiger charge is 2.09. The standard InChI is InChI=1S/C10H7FN2O2/c11-7-3-1-2-5-4-6(9(12)14)10(13)15-8(5)7/h1-4,13H,(H2,12,14). The molecule has 3 N–H and O–H groups in total. The van der Waals surface area contributed by atoms with Crippen LogP contribution in [0.5, 0.6) is 0 Å². The molecule has 15 heavy (non-hydrogen) atoms. The molecule has 0 atom stereocenters. The van der Waals surface area contributed by atoms with Crippen LogP contribution in [-0.4, -0.2) is 5.91 Å². The summed E-state index contributed by atoms with van der Waals surface area (Å²) in [5, 5.41) is 7.75. The molecule has 4 nitrogen and oxygen atoms in total. The van der Waals surface area contributed by atoms with Crippen molar-refractivity contribution in [3.05, 3.63) is 41.2 Å². The third-order valence-electron chi connectivity index (χ3n) is 2.01. The van der Waals surface area contributed by atoms with Crippen molar-refractivity contribution in [3.63, 3.8) is 0 Å². The van der Waals surface area contributed by atoms with Crippen LogP contribution >= 0.6 is 0 Å². The first-order chi connectivity index (χ1) is 7.09. The van der Waals surface area contributed by atoms with Crippen LogP contribution in [0.1, 0.15) is 10.4 Å². The van der Waals surface area contributed by atoms with Gasteiger partial charge in [0.15, 0.2) is 11.4 Å². The summed E-state index contributed by atoms with van der Waals surface area (Å²) in [6.07, 6.45) is 0. The van der Waals surface area contributed by atoms with E-state index < -0.39 is 17.3 Å². The van der Waals surface area contributed by atoms with Crippen LogP contribution in [0.25, 0.3) is 11.0 Å². The van der Waals surface area contributed by atoms with Crippen molar-refractivity contribution in [2.24, 2.45) is 5.73 Å². The average molecular weight is 206 g/mol. The normalized spacial score (nSPS) is 10.5. The van der Waals surface area contributed by atoms with E-state index in [4.69, 9.17) is 15.6 Å². The van der Waals surface area contributed by atoms with E-state index in [1.54, 1.807) is 6.07 Å². The number of carbonyl (C=O) groups is 1. The lowest BCUT2D eigenvalue weighted by Crippen LogP contribution is -2.20. The molecule has 0 radical (unpaired) electrons. The number of hydrogen-bond acceptors (Lipinski definition) is 3. The fraction of sp³-hybridized carbons (Fsp3) is 0. The second kappa shape index (κ2) is 3.20. The van der Waals surface area contributed by atoms with Crippen LogP contribution in [0.3, 0.4) is 0 Å². The van der Waals surface area contributed by atoms with Gasteiger partial charge in [0.2, 0.25) is 5.55 Å². The Labute approximate surface area is 83.6 Å². The predicted octanol–water partition coefficient (Wildman–Crippen LogP) is 1.15. The molecule has 76 valence electrons. The third kappa shape index (κ3) is 1.48. The smallest absolute Gasteiger partial charge is 0.254 e. The molecule has 0 fully saturated rings. The van der Waals surface area contributed by atoms with Gasteiger partial charge in [-0.3, -0.25) is 10.2 Å². The van der Waals surface area contributed by atoms with Gasteiger partial charge in [0.1, 0.15) is 5.56 Å². The Morgan fingerprint density at radius 1 is 1.47 bits per heavy atom. The zero-order valence-electron chi connectivity index (χ0n) is 7.58. The van der Waals surface area contributed by atoms with Crippen LogP contribution in [0.15, 0.2) is 28.7 Å². The summed E-state index contributed by atoms with van der Waals surface area (Å²) in [4.78, 5) is 10.9. The van der Waals surface area contributed by atoms with Crippen molar-refractivity contribution in [1.29, 1.82) is 5.41 Å². The van der Waals surface area contributed by atoms with E-state index >= 15 is 0 Å². The Kier molecular flexibility index (Phi) is 2.00. The molecule has 1 heterocycles. The Morgan fingerprint density at radius 3 is 2.87 bits per heavy atom. The number of rotatable bonds is 1. The number of nitrogens with one attached hydrogen (secondary N) is 1. The average Bonchev–Trinajstić information content (AvgIpc) is 2.18. The van der Waals surface area contributed by atoms with Crippen molar-refractivity contribution >= 4 is 16.9 Å². The molecular formula is C10H7FN2O2. The van der Waals surface area contributed by atoms with Crippen LogP contribution in [0.2, 0.25) is 0 Å². The fourth-order valence-corrected chi connectivity index (χ4v) is 1.31. The molecule has 0 saturated carbocycles. The Bertz CT molecular complexity index is 604. The van der Waals surface area contributed by atoms with E-state index in [1.807, 2.05) is 0 Å². The first-order valence-electron chi connectivity index (χ1n) is 4.16. The summed E-state index contributed by atoms with van der Waals surface area (Å²) in [5.74, 6) is -1.34. The lowest BCUT2D eigenvalue weighted by Gasteiger charge is -2.00. The van der Waals surface area contributed by atoms with Crippen molar-refractivity contribution in [1.82, 2.24) is 0 Å². The topological polar surface area (TPSA) is 80.1 Å². The Hall–Kier alpha value is -2.17. The fourth-order valence-electron chi connectivity index (χ4n) is 1.31. The van der Waals surface area contributed by atoms with Crippen molar-refractivity contribution in [2.45, 2.75) is 0 Å². The summed E-state index contributed by atoms with van der Waals surface area (Å²) >= 11 is 0. The molecule has 0 aliphatic rings. The maximum absolute atomic E-state index is 13.2. The first kappa shape index (κ1) is 9.39. The highest BCUT2D eigenvalue weighted by atomic mass is 19.1. The molecule has 1 aromatic heterocycles. The van der Waals surface area contributed by atoms with E-state index in [1.165, 1.54) is 18.2 Å². The third-order valence-corrected chi connectivity index (χ3v) is 2.01. The molecule has 2 aromatic rings. The molecule has 0 saturated heterocycles. The summed E-state index contributed by atoms with van der Waals surface area (Å²) in [6.45, 7) is 0. The number of hydrogen-bond donors (Lipinski definition) is 2. The number of nitrogens with two attached hydrogens (primary N) is 1. The van der Waals surface area contributed by atoms with Crippen molar-refractivity contribution in [3.8, 4) is 0 Å². The maximum atomic E-state index is 13.2. The molecule has 5 heteroatoms. The number of amides is 1. The van der Waals surface area contributed by atoms with Crippen LogP contribution in [0.4, 0.5) is 4.39 Å². The molecule has 0 bridgehead atoms. The highest BCUT2D eigenvalue weighted by molar-refractivity contribution is 5.95. The molecule has 1 amide bonds. The van der Waals surface area contributed by atoms with Gasteiger partial charge < -0.3 is 10.2 Å². The SMILES string of the molecule is N=c1oc2c(F)cccc2cc1C(N)=O. The molecule has 0 spiro atoms. The van der Waals surface area contributed by atoms with Gasteiger partial charge in [-0.2, -0.15) is 0 Å². The number of para-hydroxylation sites is 1. The molecular weight excluding hydrogens is 199 g/mol. The number of carbonyl (C=O) groups excluding carboxylic acids is 1. The summed E-state index contributed by atoms with van der Waals surface area (Å²) in [6, 6.07) is 5.62. The molecule has 0 aliphatic carbocycles. The quantitative estimate of drug-likeness (QED) is 0.733. The van der Waals surface area contributed by atoms with Gasteiger partial charge in [-0.05, 0) is 12.1 Å². The van der Waals surface area contributed by atoms with Crippen LogP contribution in [0, 0.1) is 11.2 Å². The van der Waals surface area contributed by atoms with E-state index in [-0.39, 0.29) is 11.1 Å². The summed E-state index contributed by atoms with van der Waals surface area (Å²) in [7, 11) is 0. The predicted molar refractivity (Wildman–Crippen MR) is 50.5 cm³/mol. The minimum Gasteiger partial charge on any atom is -0.435 e.